The number of benzene rings is 1. The molecule has 1 fully saturated rings. The molecule has 1 saturated heterocycles. The Morgan fingerprint density at radius 1 is 1.03 bits per heavy atom. The van der Waals surface area contributed by atoms with Gasteiger partial charge in [0.2, 0.25) is 5.91 Å². The maximum Gasteiger partial charge on any atom is 0.321 e. The highest BCUT2D eigenvalue weighted by Crippen LogP contribution is 2.23. The number of nitrogens with one attached hydrogen (secondary N) is 2. The van der Waals surface area contributed by atoms with Crippen LogP contribution in [0.15, 0.2) is 41.0 Å². The molecule has 10 nitrogen and oxygen atoms in total. The lowest BCUT2D eigenvalue weighted by atomic mass is 10.1. The first-order chi connectivity index (χ1) is 15.0. The van der Waals surface area contributed by atoms with Crippen LogP contribution in [0.3, 0.4) is 0 Å². The van der Waals surface area contributed by atoms with Crippen LogP contribution in [0.25, 0.3) is 0 Å². The molecule has 166 valence electrons. The number of hydrogen-bond acceptors (Lipinski definition) is 7. The number of methoxy groups -OCH3 is 2. The number of carbonyl (C=O) groups excluding carboxylic acids is 3. The van der Waals surface area contributed by atoms with Crippen LogP contribution >= 0.6 is 0 Å². The fourth-order valence-electron chi connectivity index (χ4n) is 3.22. The van der Waals surface area contributed by atoms with E-state index in [1.54, 1.807) is 35.2 Å². The SMILES string of the molecule is COc1cc(OC)cc(C(=O)N2CCN(CC(=O)NC(=O)NCc3ccco3)CC2)c1. The Bertz CT molecular complexity index is 884. The largest absolute Gasteiger partial charge is 0.497 e. The average molecular weight is 430 g/mol. The monoisotopic (exact) mass is 430 g/mol. The van der Waals surface area contributed by atoms with Crippen LogP contribution in [-0.2, 0) is 11.3 Å². The minimum absolute atomic E-state index is 0.0726. The van der Waals surface area contributed by atoms with Gasteiger partial charge in [-0.15, -0.1) is 0 Å². The van der Waals surface area contributed by atoms with E-state index in [4.69, 9.17) is 13.9 Å². The molecule has 1 aliphatic rings. The lowest BCUT2D eigenvalue weighted by Crippen LogP contribution is -2.52. The highest BCUT2D eigenvalue weighted by atomic mass is 16.5. The van der Waals surface area contributed by atoms with Gasteiger partial charge in [0.25, 0.3) is 5.91 Å². The van der Waals surface area contributed by atoms with Crippen molar-refractivity contribution in [2.24, 2.45) is 0 Å². The molecule has 0 radical (unpaired) electrons. The van der Waals surface area contributed by atoms with Gasteiger partial charge in [-0.1, -0.05) is 0 Å². The summed E-state index contributed by atoms with van der Waals surface area (Å²) in [7, 11) is 3.06. The molecule has 0 bridgehead atoms. The van der Waals surface area contributed by atoms with E-state index in [-0.39, 0.29) is 19.0 Å². The van der Waals surface area contributed by atoms with E-state index in [0.29, 0.717) is 49.0 Å². The molecule has 2 aromatic rings. The summed E-state index contributed by atoms with van der Waals surface area (Å²) in [5.74, 6) is 1.15. The molecule has 1 aromatic heterocycles. The summed E-state index contributed by atoms with van der Waals surface area (Å²) in [5, 5.41) is 4.85. The van der Waals surface area contributed by atoms with Crippen molar-refractivity contribution < 1.29 is 28.3 Å². The third-order valence-electron chi connectivity index (χ3n) is 4.88. The van der Waals surface area contributed by atoms with Gasteiger partial charge >= 0.3 is 6.03 Å². The predicted octanol–water partition coefficient (Wildman–Crippen LogP) is 1.08. The topological polar surface area (TPSA) is 113 Å². The van der Waals surface area contributed by atoms with Crippen molar-refractivity contribution in [2.45, 2.75) is 6.54 Å². The summed E-state index contributed by atoms with van der Waals surface area (Å²) in [5.41, 5.74) is 0.482. The Morgan fingerprint density at radius 2 is 1.71 bits per heavy atom. The Balaban J connectivity index is 1.44. The number of furan rings is 1. The average Bonchev–Trinajstić information content (AvgIpc) is 3.31. The number of piperazine rings is 1. The highest BCUT2D eigenvalue weighted by molar-refractivity contribution is 5.96. The smallest absolute Gasteiger partial charge is 0.321 e. The maximum atomic E-state index is 12.8. The zero-order valence-electron chi connectivity index (χ0n) is 17.6. The molecule has 31 heavy (non-hydrogen) atoms. The molecule has 2 N–H and O–H groups in total. The highest BCUT2D eigenvalue weighted by Gasteiger charge is 2.24. The number of carbonyl (C=O) groups is 3. The van der Waals surface area contributed by atoms with E-state index in [1.165, 1.54) is 20.5 Å². The van der Waals surface area contributed by atoms with Gasteiger partial charge in [-0.3, -0.25) is 19.8 Å². The molecule has 4 amide bonds. The second-order valence-electron chi connectivity index (χ2n) is 6.98. The summed E-state index contributed by atoms with van der Waals surface area (Å²) >= 11 is 0. The first-order valence-electron chi connectivity index (χ1n) is 9.83. The predicted molar refractivity (Wildman–Crippen MR) is 111 cm³/mol. The molecule has 1 aromatic carbocycles. The van der Waals surface area contributed by atoms with Gasteiger partial charge < -0.3 is 24.1 Å². The molecule has 0 spiro atoms. The lowest BCUT2D eigenvalue weighted by Gasteiger charge is -2.34. The van der Waals surface area contributed by atoms with Crippen LogP contribution in [0.4, 0.5) is 4.79 Å². The minimum atomic E-state index is -0.581. The van der Waals surface area contributed by atoms with E-state index in [0.717, 1.165) is 0 Å². The Labute approximate surface area is 180 Å². The molecule has 10 heteroatoms. The van der Waals surface area contributed by atoms with Gasteiger partial charge in [-0.25, -0.2) is 4.79 Å². The molecule has 2 heterocycles. The Hall–Kier alpha value is -3.53. The standard InChI is InChI=1S/C21H26N4O6/c1-29-17-10-15(11-18(12-17)30-2)20(27)25-7-5-24(6-8-25)14-19(26)23-21(28)22-13-16-4-3-9-31-16/h3-4,9-12H,5-8,13-14H2,1-2H3,(H2,22,23,26,28). The lowest BCUT2D eigenvalue weighted by molar-refractivity contribution is -0.121. The van der Waals surface area contributed by atoms with E-state index in [2.05, 4.69) is 10.6 Å². The molecule has 0 unspecified atom stereocenters. The zero-order chi connectivity index (χ0) is 22.2. The van der Waals surface area contributed by atoms with Crippen molar-refractivity contribution >= 4 is 17.8 Å². The van der Waals surface area contributed by atoms with Crippen molar-refractivity contribution in [3.05, 3.63) is 47.9 Å². The summed E-state index contributed by atoms with van der Waals surface area (Å²) in [6.45, 7) is 2.25. The van der Waals surface area contributed by atoms with Crippen molar-refractivity contribution in [1.29, 1.82) is 0 Å². The number of imide groups is 1. The first-order valence-corrected chi connectivity index (χ1v) is 9.83. The molecule has 0 saturated carbocycles. The Kier molecular flexibility index (Phi) is 7.50. The van der Waals surface area contributed by atoms with Crippen LogP contribution in [-0.4, -0.2) is 74.6 Å². The third-order valence-corrected chi connectivity index (χ3v) is 4.88. The van der Waals surface area contributed by atoms with Gasteiger partial charge in [0.05, 0.1) is 33.6 Å². The minimum Gasteiger partial charge on any atom is -0.497 e. The summed E-state index contributed by atoms with van der Waals surface area (Å²) in [6.07, 6.45) is 1.51. The fourth-order valence-corrected chi connectivity index (χ4v) is 3.22. The second kappa shape index (κ2) is 10.5. The number of amides is 4. The van der Waals surface area contributed by atoms with Crippen molar-refractivity contribution in [2.75, 3.05) is 46.9 Å². The maximum absolute atomic E-state index is 12.8. The van der Waals surface area contributed by atoms with Crippen LogP contribution in [0, 0.1) is 0 Å². The molecular formula is C21H26N4O6. The normalized spacial score (nSPS) is 14.1. The van der Waals surface area contributed by atoms with Gasteiger partial charge in [-0.05, 0) is 24.3 Å². The van der Waals surface area contributed by atoms with Crippen molar-refractivity contribution in [1.82, 2.24) is 20.4 Å². The van der Waals surface area contributed by atoms with Crippen molar-refractivity contribution in [3.8, 4) is 11.5 Å². The first kappa shape index (κ1) is 22.2. The number of hydrogen-bond donors (Lipinski definition) is 2. The van der Waals surface area contributed by atoms with Gasteiger partial charge in [0, 0.05) is 37.8 Å². The van der Waals surface area contributed by atoms with E-state index < -0.39 is 11.9 Å². The zero-order valence-corrected chi connectivity index (χ0v) is 17.6. The van der Waals surface area contributed by atoms with Crippen molar-refractivity contribution in [3.63, 3.8) is 0 Å². The molecule has 3 rings (SSSR count). The number of nitrogens with zero attached hydrogens (tertiary/aromatic N) is 2. The molecule has 1 aliphatic heterocycles. The van der Waals surface area contributed by atoms with Gasteiger partial charge in [0.15, 0.2) is 0 Å². The summed E-state index contributed by atoms with van der Waals surface area (Å²) < 4.78 is 15.6. The van der Waals surface area contributed by atoms with Gasteiger partial charge in [0.1, 0.15) is 17.3 Å². The van der Waals surface area contributed by atoms with E-state index in [1.807, 2.05) is 4.90 Å². The van der Waals surface area contributed by atoms with Gasteiger partial charge in [-0.2, -0.15) is 0 Å². The second-order valence-corrected chi connectivity index (χ2v) is 6.98. The van der Waals surface area contributed by atoms with Crippen LogP contribution < -0.4 is 20.1 Å². The molecular weight excluding hydrogens is 404 g/mol. The van der Waals surface area contributed by atoms with Crippen LogP contribution in [0.2, 0.25) is 0 Å². The van der Waals surface area contributed by atoms with Crippen LogP contribution in [0.5, 0.6) is 11.5 Å². The Morgan fingerprint density at radius 3 is 2.29 bits per heavy atom. The molecule has 0 atom stereocenters. The molecule has 0 aliphatic carbocycles. The number of ether oxygens (including phenoxy) is 2. The summed E-state index contributed by atoms with van der Waals surface area (Å²) in [4.78, 5) is 40.4. The fraction of sp³-hybridized carbons (Fsp3) is 0.381. The number of urea groups is 1. The van der Waals surface area contributed by atoms with E-state index >= 15 is 0 Å². The van der Waals surface area contributed by atoms with E-state index in [9.17, 15) is 14.4 Å². The third kappa shape index (κ3) is 6.22. The summed E-state index contributed by atoms with van der Waals surface area (Å²) in [6, 6.07) is 7.91. The quantitative estimate of drug-likeness (QED) is 0.676. The number of rotatable bonds is 7. The van der Waals surface area contributed by atoms with Crippen LogP contribution in [0.1, 0.15) is 16.1 Å².